The van der Waals surface area contributed by atoms with Gasteiger partial charge in [0, 0.05) is 25.6 Å². The standard InChI is InChI=1S/C14H20N2O/c15-13-9-10-16(11-13)14(17)8-4-7-12-5-2-1-3-6-12/h1-3,5-6,13H,4,7-11,15H2. The summed E-state index contributed by atoms with van der Waals surface area (Å²) in [7, 11) is 0. The van der Waals surface area contributed by atoms with Crippen LogP contribution in [-0.4, -0.2) is 29.9 Å². The highest BCUT2D eigenvalue weighted by atomic mass is 16.2. The fourth-order valence-electron chi connectivity index (χ4n) is 2.26. The zero-order chi connectivity index (χ0) is 12.1. The molecule has 0 bridgehead atoms. The Bertz CT molecular complexity index is 364. The molecule has 0 aliphatic carbocycles. The van der Waals surface area contributed by atoms with Gasteiger partial charge in [-0.15, -0.1) is 0 Å². The molecule has 17 heavy (non-hydrogen) atoms. The molecule has 3 nitrogen and oxygen atoms in total. The van der Waals surface area contributed by atoms with E-state index in [0.29, 0.717) is 6.42 Å². The van der Waals surface area contributed by atoms with Crippen molar-refractivity contribution in [1.82, 2.24) is 4.90 Å². The summed E-state index contributed by atoms with van der Waals surface area (Å²) in [6.07, 6.45) is 3.49. The topological polar surface area (TPSA) is 46.3 Å². The van der Waals surface area contributed by atoms with E-state index in [4.69, 9.17) is 5.73 Å². The maximum Gasteiger partial charge on any atom is 0.222 e. The molecule has 1 heterocycles. The number of nitrogens with two attached hydrogens (primary N) is 1. The van der Waals surface area contributed by atoms with Gasteiger partial charge in [-0.2, -0.15) is 0 Å². The van der Waals surface area contributed by atoms with E-state index in [1.165, 1.54) is 5.56 Å². The maximum atomic E-state index is 11.9. The van der Waals surface area contributed by atoms with Crippen molar-refractivity contribution in [2.24, 2.45) is 5.73 Å². The summed E-state index contributed by atoms with van der Waals surface area (Å²) < 4.78 is 0. The van der Waals surface area contributed by atoms with E-state index in [9.17, 15) is 4.79 Å². The number of nitrogens with zero attached hydrogens (tertiary/aromatic N) is 1. The van der Waals surface area contributed by atoms with Gasteiger partial charge in [0.15, 0.2) is 0 Å². The summed E-state index contributed by atoms with van der Waals surface area (Å²) >= 11 is 0. The van der Waals surface area contributed by atoms with Crippen molar-refractivity contribution in [3.05, 3.63) is 35.9 Å². The third kappa shape index (κ3) is 3.56. The van der Waals surface area contributed by atoms with Crippen molar-refractivity contribution >= 4 is 5.91 Å². The first-order valence-electron chi connectivity index (χ1n) is 6.33. The van der Waals surface area contributed by atoms with E-state index in [0.717, 1.165) is 32.4 Å². The first kappa shape index (κ1) is 12.1. The summed E-state index contributed by atoms with van der Waals surface area (Å²) in [6, 6.07) is 10.5. The molecule has 1 aliphatic rings. The molecule has 92 valence electrons. The van der Waals surface area contributed by atoms with E-state index in [1.54, 1.807) is 0 Å². The number of benzene rings is 1. The average molecular weight is 232 g/mol. The number of hydrogen-bond donors (Lipinski definition) is 1. The Morgan fingerprint density at radius 2 is 2.12 bits per heavy atom. The van der Waals surface area contributed by atoms with Crippen LogP contribution in [0.1, 0.15) is 24.8 Å². The van der Waals surface area contributed by atoms with Crippen molar-refractivity contribution in [1.29, 1.82) is 0 Å². The second-order valence-electron chi connectivity index (χ2n) is 4.73. The summed E-state index contributed by atoms with van der Waals surface area (Å²) in [4.78, 5) is 13.7. The van der Waals surface area contributed by atoms with Crippen LogP contribution in [0.4, 0.5) is 0 Å². The maximum absolute atomic E-state index is 11.9. The average Bonchev–Trinajstić information content (AvgIpc) is 2.77. The van der Waals surface area contributed by atoms with Crippen LogP contribution in [0.25, 0.3) is 0 Å². The fraction of sp³-hybridized carbons (Fsp3) is 0.500. The zero-order valence-corrected chi connectivity index (χ0v) is 10.1. The third-order valence-electron chi connectivity index (χ3n) is 3.28. The van der Waals surface area contributed by atoms with E-state index >= 15 is 0 Å². The van der Waals surface area contributed by atoms with Crippen LogP contribution in [0.3, 0.4) is 0 Å². The van der Waals surface area contributed by atoms with Crippen LogP contribution in [-0.2, 0) is 11.2 Å². The summed E-state index contributed by atoms with van der Waals surface area (Å²) in [5.74, 6) is 0.258. The molecule has 1 atom stereocenters. The molecular weight excluding hydrogens is 212 g/mol. The monoisotopic (exact) mass is 232 g/mol. The van der Waals surface area contributed by atoms with Crippen molar-refractivity contribution in [3.8, 4) is 0 Å². The molecule has 0 spiro atoms. The SMILES string of the molecule is NC1CCN(C(=O)CCCc2ccccc2)C1. The summed E-state index contributed by atoms with van der Waals surface area (Å²) in [5, 5.41) is 0. The molecular formula is C14H20N2O. The highest BCUT2D eigenvalue weighted by molar-refractivity contribution is 5.76. The Kier molecular flexibility index (Phi) is 4.15. The van der Waals surface area contributed by atoms with Crippen molar-refractivity contribution < 1.29 is 4.79 Å². The minimum atomic E-state index is 0.188. The van der Waals surface area contributed by atoms with Crippen molar-refractivity contribution in [3.63, 3.8) is 0 Å². The fourth-order valence-corrected chi connectivity index (χ4v) is 2.26. The lowest BCUT2D eigenvalue weighted by Gasteiger charge is -2.15. The number of likely N-dealkylation sites (tertiary alicyclic amines) is 1. The Balaban J connectivity index is 1.70. The van der Waals surface area contributed by atoms with Crippen LogP contribution in [0.2, 0.25) is 0 Å². The van der Waals surface area contributed by atoms with Gasteiger partial charge in [-0.05, 0) is 24.8 Å². The molecule has 1 aliphatic heterocycles. The van der Waals surface area contributed by atoms with Gasteiger partial charge in [-0.25, -0.2) is 0 Å². The van der Waals surface area contributed by atoms with Gasteiger partial charge in [0.25, 0.3) is 0 Å². The van der Waals surface area contributed by atoms with Crippen LogP contribution < -0.4 is 5.73 Å². The van der Waals surface area contributed by atoms with Gasteiger partial charge >= 0.3 is 0 Å². The predicted molar refractivity (Wildman–Crippen MR) is 68.6 cm³/mol. The van der Waals surface area contributed by atoms with Gasteiger partial charge < -0.3 is 10.6 Å². The van der Waals surface area contributed by atoms with Crippen LogP contribution in [0.5, 0.6) is 0 Å². The molecule has 0 saturated carbocycles. The lowest BCUT2D eigenvalue weighted by molar-refractivity contribution is -0.130. The molecule has 1 aromatic carbocycles. The molecule has 1 saturated heterocycles. The number of carbonyl (C=O) groups is 1. The van der Waals surface area contributed by atoms with Gasteiger partial charge in [0.1, 0.15) is 0 Å². The van der Waals surface area contributed by atoms with Crippen LogP contribution in [0.15, 0.2) is 30.3 Å². The normalized spacial score (nSPS) is 19.6. The first-order chi connectivity index (χ1) is 8.25. The summed E-state index contributed by atoms with van der Waals surface area (Å²) in [6.45, 7) is 1.58. The number of aryl methyl sites for hydroxylation is 1. The Morgan fingerprint density at radius 1 is 1.35 bits per heavy atom. The van der Waals surface area contributed by atoms with E-state index < -0.39 is 0 Å². The van der Waals surface area contributed by atoms with Crippen LogP contribution >= 0.6 is 0 Å². The quantitative estimate of drug-likeness (QED) is 0.856. The number of rotatable bonds is 4. The minimum absolute atomic E-state index is 0.188. The van der Waals surface area contributed by atoms with Gasteiger partial charge in [-0.3, -0.25) is 4.79 Å². The number of carbonyl (C=O) groups excluding carboxylic acids is 1. The molecule has 0 aromatic heterocycles. The highest BCUT2D eigenvalue weighted by Crippen LogP contribution is 2.11. The number of hydrogen-bond acceptors (Lipinski definition) is 2. The van der Waals surface area contributed by atoms with Crippen molar-refractivity contribution in [2.45, 2.75) is 31.7 Å². The van der Waals surface area contributed by atoms with E-state index in [1.807, 2.05) is 23.1 Å². The highest BCUT2D eigenvalue weighted by Gasteiger charge is 2.22. The minimum Gasteiger partial charge on any atom is -0.341 e. The Morgan fingerprint density at radius 3 is 2.76 bits per heavy atom. The molecule has 0 radical (unpaired) electrons. The van der Waals surface area contributed by atoms with Crippen molar-refractivity contribution in [2.75, 3.05) is 13.1 Å². The van der Waals surface area contributed by atoms with E-state index in [2.05, 4.69) is 12.1 Å². The van der Waals surface area contributed by atoms with Gasteiger partial charge in [0.2, 0.25) is 5.91 Å². The molecule has 1 aromatic rings. The molecule has 1 fully saturated rings. The lowest BCUT2D eigenvalue weighted by Crippen LogP contribution is -2.31. The van der Waals surface area contributed by atoms with Gasteiger partial charge in [-0.1, -0.05) is 30.3 Å². The summed E-state index contributed by atoms with van der Waals surface area (Å²) in [5.41, 5.74) is 7.09. The van der Waals surface area contributed by atoms with Crippen LogP contribution in [0, 0.1) is 0 Å². The second kappa shape index (κ2) is 5.82. The zero-order valence-electron chi connectivity index (χ0n) is 10.1. The first-order valence-corrected chi connectivity index (χ1v) is 6.33. The smallest absolute Gasteiger partial charge is 0.222 e. The molecule has 2 N–H and O–H groups in total. The molecule has 3 heteroatoms. The third-order valence-corrected chi connectivity index (χ3v) is 3.28. The predicted octanol–water partition coefficient (Wildman–Crippen LogP) is 1.57. The molecule has 1 unspecified atom stereocenters. The largest absolute Gasteiger partial charge is 0.341 e. The second-order valence-corrected chi connectivity index (χ2v) is 4.73. The van der Waals surface area contributed by atoms with Gasteiger partial charge in [0.05, 0.1) is 0 Å². The van der Waals surface area contributed by atoms with E-state index in [-0.39, 0.29) is 11.9 Å². The lowest BCUT2D eigenvalue weighted by atomic mass is 10.1. The molecule has 2 rings (SSSR count). The molecule has 1 amide bonds. The number of amides is 1. The Hall–Kier alpha value is -1.35. The Labute approximate surface area is 103 Å².